The minimum absolute atomic E-state index is 0.158. The zero-order chi connectivity index (χ0) is 14.7. The number of nitro benzene ring substituents is 1. The first-order valence-corrected chi connectivity index (χ1v) is 6.44. The maximum Gasteiger partial charge on any atom is 0.284 e. The predicted octanol–water partition coefficient (Wildman–Crippen LogP) is 3.31. The van der Waals surface area contributed by atoms with Crippen LogP contribution in [0.15, 0.2) is 41.0 Å². The van der Waals surface area contributed by atoms with Gasteiger partial charge >= 0.3 is 0 Å². The Hall–Kier alpha value is -2.28. The molecule has 20 heavy (non-hydrogen) atoms. The van der Waals surface area contributed by atoms with Crippen LogP contribution in [0.25, 0.3) is 0 Å². The Labute approximate surface area is 123 Å². The van der Waals surface area contributed by atoms with E-state index in [1.165, 1.54) is 18.2 Å². The molecular weight excluding hydrogens is 326 g/mol. The average molecular weight is 336 g/mol. The van der Waals surface area contributed by atoms with E-state index in [2.05, 4.69) is 26.2 Å². The van der Waals surface area contributed by atoms with Gasteiger partial charge in [-0.25, -0.2) is 4.98 Å². The lowest BCUT2D eigenvalue weighted by atomic mass is 10.2. The maximum absolute atomic E-state index is 12.0. The summed E-state index contributed by atoms with van der Waals surface area (Å²) in [6, 6.07) is 7.66. The number of hydrogen-bond donors (Lipinski definition) is 1. The van der Waals surface area contributed by atoms with Gasteiger partial charge in [-0.1, -0.05) is 6.07 Å². The van der Waals surface area contributed by atoms with Gasteiger partial charge in [-0.3, -0.25) is 14.9 Å². The molecule has 1 heterocycles. The molecule has 7 heteroatoms. The summed E-state index contributed by atoms with van der Waals surface area (Å²) in [7, 11) is 0. The van der Waals surface area contributed by atoms with Gasteiger partial charge in [0.2, 0.25) is 0 Å². The zero-order valence-electron chi connectivity index (χ0n) is 10.5. The van der Waals surface area contributed by atoms with E-state index in [1.54, 1.807) is 12.3 Å². The molecule has 1 amide bonds. The van der Waals surface area contributed by atoms with Crippen molar-refractivity contribution in [3.8, 4) is 0 Å². The van der Waals surface area contributed by atoms with Crippen molar-refractivity contribution in [2.45, 2.75) is 6.92 Å². The van der Waals surface area contributed by atoms with Gasteiger partial charge in [-0.05, 0) is 46.6 Å². The second-order valence-electron chi connectivity index (χ2n) is 4.10. The quantitative estimate of drug-likeness (QED) is 0.688. The molecule has 0 spiro atoms. The topological polar surface area (TPSA) is 85.1 Å². The molecule has 0 bridgehead atoms. The number of nitrogens with one attached hydrogen (secondary N) is 1. The van der Waals surface area contributed by atoms with Crippen LogP contribution in [0.4, 0.5) is 11.5 Å². The minimum Gasteiger partial charge on any atom is -0.307 e. The largest absolute Gasteiger partial charge is 0.307 e. The number of nitro groups is 1. The van der Waals surface area contributed by atoms with E-state index in [-0.39, 0.29) is 11.3 Å². The second kappa shape index (κ2) is 5.79. The molecule has 1 aromatic carbocycles. The van der Waals surface area contributed by atoms with Gasteiger partial charge in [0.15, 0.2) is 0 Å². The number of aromatic nitrogens is 1. The van der Waals surface area contributed by atoms with Gasteiger partial charge in [-0.2, -0.15) is 0 Å². The number of carbonyl (C=O) groups is 1. The number of amides is 1. The smallest absolute Gasteiger partial charge is 0.284 e. The summed E-state index contributed by atoms with van der Waals surface area (Å²) < 4.78 is 0.326. The number of halogens is 1. The molecule has 1 aromatic heterocycles. The fourth-order valence-corrected chi connectivity index (χ4v) is 1.92. The molecule has 0 atom stereocenters. The second-order valence-corrected chi connectivity index (χ2v) is 4.95. The van der Waals surface area contributed by atoms with E-state index >= 15 is 0 Å². The summed E-state index contributed by atoms with van der Waals surface area (Å²) in [4.78, 5) is 26.3. The van der Waals surface area contributed by atoms with Crippen molar-refractivity contribution in [2.24, 2.45) is 0 Å². The Bertz CT molecular complexity index is 671. The fourth-order valence-electron chi connectivity index (χ4n) is 1.52. The number of carbonyl (C=O) groups excluding carboxylic acids is 1. The first-order chi connectivity index (χ1) is 9.47. The first-order valence-electron chi connectivity index (χ1n) is 5.65. The molecule has 0 aliphatic carbocycles. The average Bonchev–Trinajstić information content (AvgIpc) is 2.41. The highest BCUT2D eigenvalue weighted by atomic mass is 79.9. The van der Waals surface area contributed by atoms with E-state index in [9.17, 15) is 14.9 Å². The Morgan fingerprint density at radius 1 is 1.35 bits per heavy atom. The Balaban J connectivity index is 2.23. The highest BCUT2D eigenvalue weighted by Crippen LogP contribution is 2.25. The molecule has 2 aromatic rings. The number of nitrogens with zero attached hydrogens (tertiary/aromatic N) is 2. The van der Waals surface area contributed by atoms with Crippen LogP contribution in [0.3, 0.4) is 0 Å². The fraction of sp³-hybridized carbons (Fsp3) is 0.0769. The van der Waals surface area contributed by atoms with E-state index in [1.807, 2.05) is 13.0 Å². The molecule has 0 fully saturated rings. The van der Waals surface area contributed by atoms with Gasteiger partial charge in [0.25, 0.3) is 11.6 Å². The van der Waals surface area contributed by atoms with Crippen molar-refractivity contribution < 1.29 is 9.72 Å². The molecule has 0 radical (unpaired) electrons. The minimum atomic E-state index is -0.551. The zero-order valence-corrected chi connectivity index (χ0v) is 12.0. The molecule has 0 aliphatic rings. The van der Waals surface area contributed by atoms with E-state index in [0.717, 1.165) is 5.56 Å². The van der Waals surface area contributed by atoms with Crippen molar-refractivity contribution in [1.29, 1.82) is 0 Å². The van der Waals surface area contributed by atoms with Crippen molar-refractivity contribution in [3.63, 3.8) is 0 Å². The van der Waals surface area contributed by atoms with Crippen LogP contribution in [0.2, 0.25) is 0 Å². The highest BCUT2D eigenvalue weighted by Gasteiger charge is 2.16. The van der Waals surface area contributed by atoms with Crippen molar-refractivity contribution in [2.75, 3.05) is 5.32 Å². The summed E-state index contributed by atoms with van der Waals surface area (Å²) >= 11 is 3.07. The maximum atomic E-state index is 12.0. The van der Waals surface area contributed by atoms with E-state index < -0.39 is 10.8 Å². The summed E-state index contributed by atoms with van der Waals surface area (Å²) in [5.41, 5.74) is 1.01. The van der Waals surface area contributed by atoms with Crippen LogP contribution in [0, 0.1) is 17.0 Å². The van der Waals surface area contributed by atoms with Gasteiger partial charge < -0.3 is 5.32 Å². The van der Waals surface area contributed by atoms with Crippen LogP contribution in [-0.4, -0.2) is 15.8 Å². The lowest BCUT2D eigenvalue weighted by molar-refractivity contribution is -0.385. The molecule has 0 unspecified atom stereocenters. The molecular formula is C13H10BrN3O3. The molecule has 0 aliphatic heterocycles. The van der Waals surface area contributed by atoms with Gasteiger partial charge in [0, 0.05) is 17.8 Å². The summed E-state index contributed by atoms with van der Waals surface area (Å²) in [6.07, 6.45) is 1.62. The van der Waals surface area contributed by atoms with Crippen LogP contribution < -0.4 is 5.32 Å². The van der Waals surface area contributed by atoms with Gasteiger partial charge in [0.05, 0.1) is 9.40 Å². The third-order valence-electron chi connectivity index (χ3n) is 2.56. The predicted molar refractivity (Wildman–Crippen MR) is 77.7 cm³/mol. The number of benzene rings is 1. The Kier molecular flexibility index (Phi) is 4.09. The first kappa shape index (κ1) is 14.1. The lowest BCUT2D eigenvalue weighted by Crippen LogP contribution is -2.13. The highest BCUT2D eigenvalue weighted by molar-refractivity contribution is 9.10. The van der Waals surface area contributed by atoms with Gasteiger partial charge in [-0.15, -0.1) is 0 Å². The van der Waals surface area contributed by atoms with E-state index in [4.69, 9.17) is 0 Å². The summed E-state index contributed by atoms with van der Waals surface area (Å²) in [6.45, 7) is 1.89. The third kappa shape index (κ3) is 3.18. The normalized spacial score (nSPS) is 10.1. The molecule has 1 N–H and O–H groups in total. The SMILES string of the molecule is Cc1ccc(NC(=O)c2ccc(Br)c([N+](=O)[O-])c2)nc1. The summed E-state index contributed by atoms with van der Waals surface area (Å²) in [5.74, 6) is -0.0527. The van der Waals surface area contributed by atoms with Crippen molar-refractivity contribution in [1.82, 2.24) is 4.98 Å². The van der Waals surface area contributed by atoms with Crippen LogP contribution >= 0.6 is 15.9 Å². The van der Waals surface area contributed by atoms with Crippen LogP contribution in [-0.2, 0) is 0 Å². The Morgan fingerprint density at radius 2 is 2.10 bits per heavy atom. The van der Waals surface area contributed by atoms with E-state index in [0.29, 0.717) is 10.3 Å². The number of rotatable bonds is 3. The van der Waals surface area contributed by atoms with Crippen LogP contribution in [0.1, 0.15) is 15.9 Å². The standard InChI is InChI=1S/C13H10BrN3O3/c1-8-2-5-12(15-7-8)16-13(18)9-3-4-10(14)11(6-9)17(19)20/h2-7H,1H3,(H,15,16,18). The number of pyridine rings is 1. The van der Waals surface area contributed by atoms with Crippen molar-refractivity contribution in [3.05, 3.63) is 62.2 Å². The Morgan fingerprint density at radius 3 is 2.70 bits per heavy atom. The number of hydrogen-bond acceptors (Lipinski definition) is 4. The lowest BCUT2D eigenvalue weighted by Gasteiger charge is -2.05. The van der Waals surface area contributed by atoms with Crippen molar-refractivity contribution >= 4 is 33.3 Å². The molecule has 6 nitrogen and oxygen atoms in total. The van der Waals surface area contributed by atoms with Gasteiger partial charge in [0.1, 0.15) is 5.82 Å². The molecule has 0 saturated heterocycles. The summed E-state index contributed by atoms with van der Waals surface area (Å²) in [5, 5.41) is 13.4. The van der Waals surface area contributed by atoms with Crippen LogP contribution in [0.5, 0.6) is 0 Å². The molecule has 102 valence electrons. The monoisotopic (exact) mass is 335 g/mol. The number of anilines is 1. The number of aryl methyl sites for hydroxylation is 1. The molecule has 2 rings (SSSR count). The molecule has 0 saturated carbocycles. The third-order valence-corrected chi connectivity index (χ3v) is 3.23.